The minimum atomic E-state index is -1.51. The number of pyridine rings is 1. The number of alkyl halides is 3. The molecule has 0 saturated heterocycles. The number of hydrogen-bond acceptors (Lipinski definition) is 3. The Hall–Kier alpha value is -0.380. The molecule has 0 spiro atoms. The molecule has 0 aromatic carbocycles. The van der Waals surface area contributed by atoms with Gasteiger partial charge in [0.15, 0.2) is 0 Å². The number of rotatable bonds is 2. The molecular formula is C8H8Cl3NO2. The summed E-state index contributed by atoms with van der Waals surface area (Å²) in [5.41, 5.74) is 0.450. The summed E-state index contributed by atoms with van der Waals surface area (Å²) in [5.74, 6) is 0.677. The van der Waals surface area contributed by atoms with Gasteiger partial charge in [0, 0.05) is 17.7 Å². The molecule has 0 saturated carbocycles. The second-order valence-corrected chi connectivity index (χ2v) is 4.72. The lowest BCUT2D eigenvalue weighted by atomic mass is 10.3. The van der Waals surface area contributed by atoms with Gasteiger partial charge in [0.2, 0.25) is 15.6 Å². The normalized spacial score (nSPS) is 11.2. The van der Waals surface area contributed by atoms with Crippen molar-refractivity contribution in [3.05, 3.63) is 17.7 Å². The Balaban J connectivity index is 3.17. The van der Waals surface area contributed by atoms with E-state index in [-0.39, 0.29) is 0 Å². The van der Waals surface area contributed by atoms with Crippen molar-refractivity contribution in [2.75, 3.05) is 14.2 Å². The summed E-state index contributed by atoms with van der Waals surface area (Å²) < 4.78 is 8.34. The van der Waals surface area contributed by atoms with Gasteiger partial charge in [-0.05, 0) is 0 Å². The lowest BCUT2D eigenvalue weighted by molar-refractivity contribution is 0.364. The van der Waals surface area contributed by atoms with Crippen LogP contribution >= 0.6 is 34.8 Å². The first kappa shape index (κ1) is 11.7. The third-order valence-corrected chi connectivity index (χ3v) is 2.18. The number of aromatic nitrogens is 1. The van der Waals surface area contributed by atoms with Crippen molar-refractivity contribution >= 4 is 34.8 Å². The second-order valence-electron chi connectivity index (χ2n) is 2.44. The highest BCUT2D eigenvalue weighted by molar-refractivity contribution is 6.66. The van der Waals surface area contributed by atoms with Crippen molar-refractivity contribution in [1.82, 2.24) is 4.98 Å². The highest BCUT2D eigenvalue weighted by Crippen LogP contribution is 2.40. The molecule has 1 aromatic rings. The second kappa shape index (κ2) is 4.43. The van der Waals surface area contributed by atoms with Crippen LogP contribution in [0, 0.1) is 0 Å². The zero-order chi connectivity index (χ0) is 10.8. The van der Waals surface area contributed by atoms with Crippen LogP contribution < -0.4 is 9.47 Å². The molecule has 1 rings (SSSR count). The summed E-state index contributed by atoms with van der Waals surface area (Å²) in [7, 11) is 2.95. The molecule has 0 atom stereocenters. The quantitative estimate of drug-likeness (QED) is 0.763. The van der Waals surface area contributed by atoms with E-state index in [1.807, 2.05) is 0 Å². The van der Waals surface area contributed by atoms with Crippen LogP contribution in [0.1, 0.15) is 5.56 Å². The molecule has 0 aliphatic rings. The van der Waals surface area contributed by atoms with Gasteiger partial charge in [-0.1, -0.05) is 34.8 Å². The van der Waals surface area contributed by atoms with Gasteiger partial charge in [-0.2, -0.15) is 4.98 Å². The summed E-state index contributed by atoms with van der Waals surface area (Å²) in [6, 6.07) is 3.07. The topological polar surface area (TPSA) is 31.4 Å². The number of nitrogens with zero attached hydrogens (tertiary/aromatic N) is 1. The molecule has 0 aliphatic carbocycles. The predicted molar refractivity (Wildman–Crippen MR) is 56.6 cm³/mol. The maximum absolute atomic E-state index is 5.71. The number of hydrogen-bond donors (Lipinski definition) is 0. The monoisotopic (exact) mass is 255 g/mol. The third-order valence-electron chi connectivity index (χ3n) is 1.52. The lowest BCUT2D eigenvalue weighted by Crippen LogP contribution is -2.03. The van der Waals surface area contributed by atoms with Crippen LogP contribution in [0.25, 0.3) is 0 Å². The molecule has 0 unspecified atom stereocenters. The smallest absolute Gasteiger partial charge is 0.216 e. The van der Waals surface area contributed by atoms with Crippen molar-refractivity contribution in [3.8, 4) is 11.8 Å². The Morgan fingerprint density at radius 2 is 1.50 bits per heavy atom. The Bertz CT molecular complexity index is 303. The molecule has 3 nitrogen and oxygen atoms in total. The van der Waals surface area contributed by atoms with Gasteiger partial charge >= 0.3 is 0 Å². The van der Waals surface area contributed by atoms with E-state index in [0.29, 0.717) is 17.3 Å². The minimum Gasteiger partial charge on any atom is -0.481 e. The fourth-order valence-corrected chi connectivity index (χ4v) is 1.18. The van der Waals surface area contributed by atoms with Crippen LogP contribution in [0.15, 0.2) is 12.1 Å². The highest BCUT2D eigenvalue weighted by Gasteiger charge is 2.24. The maximum atomic E-state index is 5.71. The van der Waals surface area contributed by atoms with Crippen molar-refractivity contribution < 1.29 is 9.47 Å². The molecule has 78 valence electrons. The van der Waals surface area contributed by atoms with E-state index in [1.54, 1.807) is 0 Å². The Labute approximate surface area is 96.9 Å². The van der Waals surface area contributed by atoms with Crippen molar-refractivity contribution in [2.24, 2.45) is 0 Å². The van der Waals surface area contributed by atoms with E-state index in [9.17, 15) is 0 Å². The van der Waals surface area contributed by atoms with Gasteiger partial charge in [-0.25, -0.2) is 0 Å². The zero-order valence-electron chi connectivity index (χ0n) is 7.55. The SMILES string of the molecule is COc1cc(C(Cl)(Cl)Cl)cc(OC)n1. The maximum Gasteiger partial charge on any atom is 0.216 e. The van der Waals surface area contributed by atoms with Gasteiger partial charge in [0.25, 0.3) is 0 Å². The summed E-state index contributed by atoms with van der Waals surface area (Å²) in [6.07, 6.45) is 0. The molecule has 0 fully saturated rings. The molecule has 0 N–H and O–H groups in total. The van der Waals surface area contributed by atoms with Gasteiger partial charge in [-0.3, -0.25) is 0 Å². The predicted octanol–water partition coefficient (Wildman–Crippen LogP) is 2.93. The van der Waals surface area contributed by atoms with Crippen LogP contribution in [0.2, 0.25) is 0 Å². The average molecular weight is 257 g/mol. The van der Waals surface area contributed by atoms with Crippen LogP contribution in [0.5, 0.6) is 11.8 Å². The molecule has 0 aliphatic heterocycles. The molecular weight excluding hydrogens is 248 g/mol. The third kappa shape index (κ3) is 2.80. The molecule has 0 amide bonds. The molecule has 0 radical (unpaired) electrons. The number of halogens is 3. The van der Waals surface area contributed by atoms with Crippen molar-refractivity contribution in [1.29, 1.82) is 0 Å². The van der Waals surface area contributed by atoms with Crippen LogP contribution in [-0.2, 0) is 3.79 Å². The first-order chi connectivity index (χ1) is 6.47. The fraction of sp³-hybridized carbons (Fsp3) is 0.375. The van der Waals surface area contributed by atoms with Gasteiger partial charge in [-0.15, -0.1) is 0 Å². The van der Waals surface area contributed by atoms with Crippen LogP contribution in [-0.4, -0.2) is 19.2 Å². The van der Waals surface area contributed by atoms with Crippen molar-refractivity contribution in [2.45, 2.75) is 3.79 Å². The van der Waals surface area contributed by atoms with E-state index in [4.69, 9.17) is 44.3 Å². The van der Waals surface area contributed by atoms with E-state index in [1.165, 1.54) is 26.4 Å². The Morgan fingerprint density at radius 1 is 1.07 bits per heavy atom. The minimum absolute atomic E-state index is 0.339. The molecule has 6 heteroatoms. The van der Waals surface area contributed by atoms with Crippen LogP contribution in [0.4, 0.5) is 0 Å². The summed E-state index contributed by atoms with van der Waals surface area (Å²) in [4.78, 5) is 3.96. The van der Waals surface area contributed by atoms with E-state index >= 15 is 0 Å². The zero-order valence-corrected chi connectivity index (χ0v) is 9.82. The van der Waals surface area contributed by atoms with Gasteiger partial charge in [0.1, 0.15) is 0 Å². The lowest BCUT2D eigenvalue weighted by Gasteiger charge is -2.13. The molecule has 0 bridgehead atoms. The average Bonchev–Trinajstić information content (AvgIpc) is 2.15. The number of methoxy groups -OCH3 is 2. The molecule has 14 heavy (non-hydrogen) atoms. The molecule has 1 aromatic heterocycles. The van der Waals surface area contributed by atoms with Gasteiger partial charge < -0.3 is 9.47 Å². The number of ether oxygens (including phenoxy) is 2. The first-order valence-corrected chi connectivity index (χ1v) is 4.78. The summed E-state index contributed by atoms with van der Waals surface area (Å²) in [5, 5.41) is 0. The molecule has 1 heterocycles. The largest absolute Gasteiger partial charge is 0.481 e. The van der Waals surface area contributed by atoms with Gasteiger partial charge in [0.05, 0.1) is 14.2 Å². The summed E-state index contributed by atoms with van der Waals surface area (Å²) in [6.45, 7) is 0. The summed E-state index contributed by atoms with van der Waals surface area (Å²) >= 11 is 17.1. The van der Waals surface area contributed by atoms with E-state index < -0.39 is 3.79 Å². The van der Waals surface area contributed by atoms with Crippen LogP contribution in [0.3, 0.4) is 0 Å². The van der Waals surface area contributed by atoms with Crippen molar-refractivity contribution in [3.63, 3.8) is 0 Å². The Kier molecular flexibility index (Phi) is 3.70. The van der Waals surface area contributed by atoms with E-state index in [0.717, 1.165) is 0 Å². The standard InChI is InChI=1S/C8H8Cl3NO2/c1-13-6-3-5(8(9,10)11)4-7(12-6)14-2/h3-4H,1-2H3. The van der Waals surface area contributed by atoms with E-state index in [2.05, 4.69) is 4.98 Å². The fourth-order valence-electron chi connectivity index (χ4n) is 0.854. The highest BCUT2D eigenvalue weighted by atomic mass is 35.6. The Morgan fingerprint density at radius 3 is 1.79 bits per heavy atom. The first-order valence-electron chi connectivity index (χ1n) is 3.64.